The van der Waals surface area contributed by atoms with Gasteiger partial charge in [0.05, 0.1) is 5.70 Å². The molecule has 1 aromatic heterocycles. The Morgan fingerprint density at radius 3 is 2.14 bits per heavy atom. The van der Waals surface area contributed by atoms with E-state index in [1.54, 1.807) is 0 Å². The molecule has 0 radical (unpaired) electrons. The van der Waals surface area contributed by atoms with E-state index in [1.165, 1.54) is 0 Å². The highest BCUT2D eigenvalue weighted by Gasteiger charge is 2.40. The Morgan fingerprint density at radius 1 is 0.909 bits per heavy atom. The number of nitrogens with zero attached hydrogens (tertiary/aromatic N) is 1. The van der Waals surface area contributed by atoms with Crippen molar-refractivity contribution in [1.82, 2.24) is 15.6 Å². The number of carboxylic acids is 2. The summed E-state index contributed by atoms with van der Waals surface area (Å²) in [6.45, 7) is 12.1. The van der Waals surface area contributed by atoms with Crippen LogP contribution in [0.25, 0.3) is 6.08 Å². The van der Waals surface area contributed by atoms with Crippen LogP contribution in [0.1, 0.15) is 95.7 Å². The number of aliphatic carboxylic acids is 2. The first-order valence-electron chi connectivity index (χ1n) is 15.6. The highest BCUT2D eigenvalue weighted by atomic mass is 35.5. The van der Waals surface area contributed by atoms with Crippen LogP contribution >= 0.6 is 12.4 Å². The minimum absolute atomic E-state index is 0. The Bertz CT molecular complexity index is 1390. The number of aromatic amines is 1. The van der Waals surface area contributed by atoms with Crippen LogP contribution in [-0.2, 0) is 32.0 Å². The van der Waals surface area contributed by atoms with Gasteiger partial charge in [-0.15, -0.1) is 12.4 Å². The molecule has 0 unspecified atom stereocenters. The number of allylic oxidation sites excluding steroid dienone is 2. The number of aliphatic imine (C=N–C) groups is 1. The number of hydrogen-bond acceptors (Lipinski definition) is 5. The monoisotopic (exact) mass is 630 g/mol. The average molecular weight is 631 g/mol. The third kappa shape index (κ3) is 7.28. The Labute approximate surface area is 265 Å². The van der Waals surface area contributed by atoms with Crippen molar-refractivity contribution >= 4 is 47.9 Å². The molecule has 2 saturated heterocycles. The van der Waals surface area contributed by atoms with Gasteiger partial charge in [0.1, 0.15) is 0 Å². The standard InChI is InChI=1S/C33H46N4O6.ClH/c1-7-20-19(6)32(42)37-27(20)14-25-18(5)23(10-12-31(40)41)29(35-25)15-28-22(9-11-30(38)39)17(4)24(34-28)13-26-16(3)21(8-2)33(43)36-26;/h15-16,19-21,26-27,34H,7-14H2,1-6H3,(H,36,43)(H,37,42)(H,38,39)(H,40,41);1H/b29-15+;/t16-,19-,20-,21-,26+,27+;/m1./s1. The van der Waals surface area contributed by atoms with Crippen molar-refractivity contribution in [3.8, 4) is 0 Å². The van der Waals surface area contributed by atoms with Gasteiger partial charge in [-0.1, -0.05) is 34.1 Å². The zero-order chi connectivity index (χ0) is 31.6. The summed E-state index contributed by atoms with van der Waals surface area (Å²) in [5.74, 6) is -1.38. The van der Waals surface area contributed by atoms with Gasteiger partial charge in [0.25, 0.3) is 0 Å². The Morgan fingerprint density at radius 2 is 1.55 bits per heavy atom. The summed E-state index contributed by atoms with van der Waals surface area (Å²) in [6.07, 6.45) is 5.30. The average Bonchev–Trinajstić information content (AvgIpc) is 3.59. The van der Waals surface area contributed by atoms with Gasteiger partial charge >= 0.3 is 11.9 Å². The van der Waals surface area contributed by atoms with E-state index in [1.807, 2.05) is 33.8 Å². The summed E-state index contributed by atoms with van der Waals surface area (Å²) in [5, 5.41) is 25.2. The van der Waals surface area contributed by atoms with Crippen molar-refractivity contribution in [2.75, 3.05) is 0 Å². The van der Waals surface area contributed by atoms with E-state index in [2.05, 4.69) is 29.5 Å². The summed E-state index contributed by atoms with van der Waals surface area (Å²) < 4.78 is 0. The largest absolute Gasteiger partial charge is 0.481 e. The molecule has 4 heterocycles. The molecule has 6 atom stereocenters. The molecular formula is C33H47ClN4O6. The van der Waals surface area contributed by atoms with Crippen LogP contribution in [0, 0.1) is 30.6 Å². The molecule has 10 nitrogen and oxygen atoms in total. The number of carbonyl (C=O) groups is 4. The zero-order valence-corrected chi connectivity index (χ0v) is 27.4. The lowest BCUT2D eigenvalue weighted by atomic mass is 9.86. The third-order valence-corrected chi connectivity index (χ3v) is 10.0. The van der Waals surface area contributed by atoms with Gasteiger partial charge < -0.3 is 25.8 Å². The summed E-state index contributed by atoms with van der Waals surface area (Å²) >= 11 is 0. The maximum Gasteiger partial charge on any atom is 0.303 e. The van der Waals surface area contributed by atoms with Crippen molar-refractivity contribution in [3.05, 3.63) is 39.4 Å². The Hall–Kier alpha value is -3.40. The number of amides is 2. The Balaban J connectivity index is 0.00000529. The van der Waals surface area contributed by atoms with Gasteiger partial charge in [0.2, 0.25) is 11.8 Å². The summed E-state index contributed by atoms with van der Waals surface area (Å²) in [4.78, 5) is 56.5. The van der Waals surface area contributed by atoms with Crippen LogP contribution in [0.4, 0.5) is 0 Å². The molecule has 0 bridgehead atoms. The number of carbonyl (C=O) groups excluding carboxylic acids is 2. The van der Waals surface area contributed by atoms with E-state index in [9.17, 15) is 29.4 Å². The molecule has 4 rings (SSSR count). The second kappa shape index (κ2) is 14.6. The smallest absolute Gasteiger partial charge is 0.303 e. The number of hydrogen-bond donors (Lipinski definition) is 5. The second-order valence-corrected chi connectivity index (χ2v) is 12.5. The van der Waals surface area contributed by atoms with Crippen molar-refractivity contribution in [3.63, 3.8) is 0 Å². The van der Waals surface area contributed by atoms with Crippen LogP contribution in [0.3, 0.4) is 0 Å². The molecule has 3 aliphatic heterocycles. The van der Waals surface area contributed by atoms with E-state index in [-0.39, 0.29) is 72.8 Å². The number of aromatic nitrogens is 1. The van der Waals surface area contributed by atoms with E-state index >= 15 is 0 Å². The normalized spacial score (nSPS) is 27.4. The van der Waals surface area contributed by atoms with Gasteiger partial charge in [-0.05, 0) is 73.3 Å². The van der Waals surface area contributed by atoms with Gasteiger partial charge in [-0.2, -0.15) is 0 Å². The quantitative estimate of drug-likeness (QED) is 0.206. The minimum atomic E-state index is -0.894. The van der Waals surface area contributed by atoms with Gasteiger partial charge in [-0.3, -0.25) is 24.2 Å². The molecule has 0 saturated carbocycles. The van der Waals surface area contributed by atoms with Crippen molar-refractivity contribution in [2.24, 2.45) is 28.7 Å². The first-order chi connectivity index (χ1) is 20.4. The van der Waals surface area contributed by atoms with Crippen LogP contribution in [0.2, 0.25) is 0 Å². The molecule has 0 aliphatic carbocycles. The fourth-order valence-electron chi connectivity index (χ4n) is 7.23. The molecule has 11 heteroatoms. The second-order valence-electron chi connectivity index (χ2n) is 12.5. The number of nitrogens with one attached hydrogen (secondary N) is 3. The molecule has 0 aromatic carbocycles. The highest BCUT2D eigenvalue weighted by Crippen LogP contribution is 2.37. The molecule has 242 valence electrons. The maximum absolute atomic E-state index is 12.5. The molecule has 44 heavy (non-hydrogen) atoms. The van der Waals surface area contributed by atoms with Gasteiger partial charge in [-0.25, -0.2) is 0 Å². The lowest BCUT2D eigenvalue weighted by molar-refractivity contribution is -0.138. The first kappa shape index (κ1) is 35.1. The molecule has 1 aromatic rings. The van der Waals surface area contributed by atoms with E-state index < -0.39 is 11.9 Å². The molecule has 2 amide bonds. The predicted molar refractivity (Wildman–Crippen MR) is 172 cm³/mol. The lowest BCUT2D eigenvalue weighted by Crippen LogP contribution is -2.31. The van der Waals surface area contributed by atoms with E-state index in [4.69, 9.17) is 4.99 Å². The molecule has 0 spiro atoms. The number of halogens is 1. The fourth-order valence-corrected chi connectivity index (χ4v) is 7.23. The minimum Gasteiger partial charge on any atom is -0.481 e. The summed E-state index contributed by atoms with van der Waals surface area (Å²) in [7, 11) is 0. The Kier molecular flexibility index (Phi) is 11.6. The zero-order valence-electron chi connectivity index (χ0n) is 26.6. The first-order valence-corrected chi connectivity index (χ1v) is 15.6. The SMILES string of the molecule is CC[C@H]1[C@H](CC2=N/C(=C/c3[nH]c(C[C@@H]4NC(=O)[C@H](CC)[C@H]4C)c(C)c3CCC(=O)O)C(CCC(=O)O)=C2C)NC(=O)[C@@H]1C.Cl. The number of rotatable bonds is 13. The lowest BCUT2D eigenvalue weighted by Gasteiger charge is -2.19. The van der Waals surface area contributed by atoms with Crippen LogP contribution in [0.5, 0.6) is 0 Å². The molecular weight excluding hydrogens is 584 g/mol. The van der Waals surface area contributed by atoms with Crippen LogP contribution < -0.4 is 10.6 Å². The molecule has 2 fully saturated rings. The van der Waals surface area contributed by atoms with E-state index in [0.717, 1.165) is 52.2 Å². The number of carboxylic acid groups (broad SMARTS) is 2. The summed E-state index contributed by atoms with van der Waals surface area (Å²) in [6, 6.07) is -0.0650. The number of H-pyrrole nitrogens is 1. The fraction of sp³-hybridized carbons (Fsp3) is 0.606. The molecule has 3 aliphatic rings. The topological polar surface area (TPSA) is 161 Å². The van der Waals surface area contributed by atoms with Gasteiger partial charge in [0.15, 0.2) is 0 Å². The van der Waals surface area contributed by atoms with Crippen molar-refractivity contribution in [1.29, 1.82) is 0 Å². The maximum atomic E-state index is 12.5. The van der Waals surface area contributed by atoms with Crippen molar-refractivity contribution < 1.29 is 29.4 Å². The third-order valence-electron chi connectivity index (χ3n) is 10.0. The predicted octanol–water partition coefficient (Wildman–Crippen LogP) is 4.99. The summed E-state index contributed by atoms with van der Waals surface area (Å²) in [5.41, 5.74) is 6.85. The van der Waals surface area contributed by atoms with Crippen LogP contribution in [0.15, 0.2) is 21.8 Å². The van der Waals surface area contributed by atoms with Gasteiger partial charge in [0, 0.05) is 66.7 Å². The highest BCUT2D eigenvalue weighted by molar-refractivity contribution is 6.06. The van der Waals surface area contributed by atoms with Crippen LogP contribution in [-0.4, -0.2) is 56.7 Å². The molecule has 5 N–H and O–H groups in total. The van der Waals surface area contributed by atoms with E-state index in [0.29, 0.717) is 31.4 Å². The van der Waals surface area contributed by atoms with Crippen molar-refractivity contribution in [2.45, 2.75) is 105 Å².